The zero-order chi connectivity index (χ0) is 10.6. The summed E-state index contributed by atoms with van der Waals surface area (Å²) in [7, 11) is 0. The standard InChI is InChI=1S/C12H20N2/c1-9(2)6-12(7-13)11-5-4-10(3)14-8-11/h4-5,8-9,12H,6-7,13H2,1-3H3/t12-/m0/s1. The van der Waals surface area contributed by atoms with Crippen LogP contribution >= 0.6 is 0 Å². The molecule has 1 atom stereocenters. The Hall–Kier alpha value is -0.890. The Morgan fingerprint density at radius 2 is 2.07 bits per heavy atom. The molecule has 0 bridgehead atoms. The fourth-order valence-electron chi connectivity index (χ4n) is 1.66. The molecule has 0 aliphatic heterocycles. The number of rotatable bonds is 4. The summed E-state index contributed by atoms with van der Waals surface area (Å²) in [5.74, 6) is 1.15. The van der Waals surface area contributed by atoms with E-state index in [0.717, 1.165) is 12.1 Å². The minimum atomic E-state index is 0.461. The second-order valence-electron chi connectivity index (χ2n) is 4.30. The highest BCUT2D eigenvalue weighted by molar-refractivity contribution is 5.18. The average Bonchev–Trinajstić information content (AvgIpc) is 2.15. The zero-order valence-corrected chi connectivity index (χ0v) is 9.33. The summed E-state index contributed by atoms with van der Waals surface area (Å²) in [4.78, 5) is 4.30. The normalized spacial score (nSPS) is 13.2. The van der Waals surface area contributed by atoms with Gasteiger partial charge < -0.3 is 5.73 Å². The highest BCUT2D eigenvalue weighted by atomic mass is 14.7. The minimum Gasteiger partial charge on any atom is -0.330 e. The molecule has 2 heteroatoms. The van der Waals surface area contributed by atoms with Gasteiger partial charge in [0, 0.05) is 11.9 Å². The summed E-state index contributed by atoms with van der Waals surface area (Å²) < 4.78 is 0. The third-order valence-corrected chi connectivity index (χ3v) is 2.45. The molecule has 0 unspecified atom stereocenters. The van der Waals surface area contributed by atoms with Gasteiger partial charge in [-0.05, 0) is 43.4 Å². The van der Waals surface area contributed by atoms with E-state index in [2.05, 4.69) is 31.0 Å². The summed E-state index contributed by atoms with van der Waals surface area (Å²) in [6.07, 6.45) is 3.09. The second kappa shape index (κ2) is 5.11. The maximum Gasteiger partial charge on any atom is 0.0372 e. The maximum absolute atomic E-state index is 5.76. The molecule has 0 fully saturated rings. The minimum absolute atomic E-state index is 0.461. The molecular formula is C12H20N2. The van der Waals surface area contributed by atoms with Crippen LogP contribution < -0.4 is 5.73 Å². The molecule has 2 nitrogen and oxygen atoms in total. The van der Waals surface area contributed by atoms with E-state index in [-0.39, 0.29) is 0 Å². The monoisotopic (exact) mass is 192 g/mol. The van der Waals surface area contributed by atoms with Crippen LogP contribution in [0.3, 0.4) is 0 Å². The molecule has 1 heterocycles. The summed E-state index contributed by atoms with van der Waals surface area (Å²) in [6.45, 7) is 7.17. The molecule has 0 aromatic carbocycles. The van der Waals surface area contributed by atoms with Crippen molar-refractivity contribution in [1.29, 1.82) is 0 Å². The highest BCUT2D eigenvalue weighted by Gasteiger charge is 2.11. The van der Waals surface area contributed by atoms with Crippen LogP contribution in [-0.2, 0) is 0 Å². The third kappa shape index (κ3) is 3.11. The van der Waals surface area contributed by atoms with E-state index in [1.54, 1.807) is 0 Å². The Bertz CT molecular complexity index is 264. The molecule has 0 aliphatic rings. The third-order valence-electron chi connectivity index (χ3n) is 2.45. The molecule has 0 amide bonds. The van der Waals surface area contributed by atoms with Crippen LogP contribution in [0.1, 0.15) is 37.4 Å². The van der Waals surface area contributed by atoms with Crippen molar-refractivity contribution >= 4 is 0 Å². The second-order valence-corrected chi connectivity index (χ2v) is 4.30. The smallest absolute Gasteiger partial charge is 0.0372 e. The van der Waals surface area contributed by atoms with Gasteiger partial charge in [-0.1, -0.05) is 19.9 Å². The lowest BCUT2D eigenvalue weighted by molar-refractivity contribution is 0.503. The molecule has 0 spiro atoms. The summed E-state index contributed by atoms with van der Waals surface area (Å²) in [5, 5.41) is 0. The molecule has 1 aromatic rings. The predicted octanol–water partition coefficient (Wildman–Crippen LogP) is 2.48. The van der Waals surface area contributed by atoms with Gasteiger partial charge in [0.05, 0.1) is 0 Å². The van der Waals surface area contributed by atoms with E-state index in [9.17, 15) is 0 Å². The van der Waals surface area contributed by atoms with E-state index >= 15 is 0 Å². The summed E-state index contributed by atoms with van der Waals surface area (Å²) in [6, 6.07) is 4.20. The molecule has 0 aliphatic carbocycles. The average molecular weight is 192 g/mol. The van der Waals surface area contributed by atoms with Crippen molar-refractivity contribution in [2.75, 3.05) is 6.54 Å². The van der Waals surface area contributed by atoms with E-state index in [4.69, 9.17) is 5.73 Å². The van der Waals surface area contributed by atoms with Gasteiger partial charge in [-0.25, -0.2) is 0 Å². The van der Waals surface area contributed by atoms with Gasteiger partial charge in [-0.15, -0.1) is 0 Å². The number of pyridine rings is 1. The van der Waals surface area contributed by atoms with Crippen molar-refractivity contribution in [3.8, 4) is 0 Å². The van der Waals surface area contributed by atoms with Crippen LogP contribution in [0.15, 0.2) is 18.3 Å². The van der Waals surface area contributed by atoms with Gasteiger partial charge >= 0.3 is 0 Å². The van der Waals surface area contributed by atoms with E-state index in [1.807, 2.05) is 13.1 Å². The summed E-state index contributed by atoms with van der Waals surface area (Å²) >= 11 is 0. The largest absolute Gasteiger partial charge is 0.330 e. The van der Waals surface area contributed by atoms with Crippen LogP contribution in [0, 0.1) is 12.8 Å². The molecule has 78 valence electrons. The number of aromatic nitrogens is 1. The Labute approximate surface area is 86.5 Å². The first-order valence-corrected chi connectivity index (χ1v) is 5.26. The van der Waals surface area contributed by atoms with Crippen LogP contribution in [-0.4, -0.2) is 11.5 Å². The Kier molecular flexibility index (Phi) is 4.08. The maximum atomic E-state index is 5.76. The first-order chi connectivity index (χ1) is 6.63. The first kappa shape index (κ1) is 11.2. The van der Waals surface area contributed by atoms with Crippen molar-refractivity contribution in [2.24, 2.45) is 11.7 Å². The molecule has 14 heavy (non-hydrogen) atoms. The van der Waals surface area contributed by atoms with Gasteiger partial charge in [0.1, 0.15) is 0 Å². The Balaban J connectivity index is 2.73. The Morgan fingerprint density at radius 1 is 1.36 bits per heavy atom. The predicted molar refractivity (Wildman–Crippen MR) is 60.2 cm³/mol. The molecule has 1 aromatic heterocycles. The van der Waals surface area contributed by atoms with Crippen LogP contribution in [0.2, 0.25) is 0 Å². The van der Waals surface area contributed by atoms with Crippen molar-refractivity contribution in [1.82, 2.24) is 4.98 Å². The molecular weight excluding hydrogens is 172 g/mol. The molecule has 1 rings (SSSR count). The zero-order valence-electron chi connectivity index (χ0n) is 9.33. The molecule has 0 radical (unpaired) electrons. The van der Waals surface area contributed by atoms with E-state index in [1.165, 1.54) is 5.56 Å². The lowest BCUT2D eigenvalue weighted by Gasteiger charge is -2.17. The van der Waals surface area contributed by atoms with Crippen LogP contribution in [0.4, 0.5) is 0 Å². The number of nitrogens with zero attached hydrogens (tertiary/aromatic N) is 1. The fourth-order valence-corrected chi connectivity index (χ4v) is 1.66. The molecule has 0 saturated heterocycles. The van der Waals surface area contributed by atoms with E-state index < -0.39 is 0 Å². The summed E-state index contributed by atoms with van der Waals surface area (Å²) in [5.41, 5.74) is 8.10. The van der Waals surface area contributed by atoms with Gasteiger partial charge in [0.25, 0.3) is 0 Å². The molecule has 2 N–H and O–H groups in total. The van der Waals surface area contributed by atoms with Gasteiger partial charge in [0.15, 0.2) is 0 Å². The highest BCUT2D eigenvalue weighted by Crippen LogP contribution is 2.21. The van der Waals surface area contributed by atoms with Gasteiger partial charge in [-0.2, -0.15) is 0 Å². The van der Waals surface area contributed by atoms with Crippen molar-refractivity contribution in [3.05, 3.63) is 29.6 Å². The first-order valence-electron chi connectivity index (χ1n) is 5.26. The van der Waals surface area contributed by atoms with Crippen molar-refractivity contribution in [2.45, 2.75) is 33.1 Å². The lowest BCUT2D eigenvalue weighted by Crippen LogP contribution is -2.14. The van der Waals surface area contributed by atoms with E-state index in [0.29, 0.717) is 18.4 Å². The number of hydrogen-bond donors (Lipinski definition) is 1. The van der Waals surface area contributed by atoms with Crippen LogP contribution in [0.25, 0.3) is 0 Å². The lowest BCUT2D eigenvalue weighted by atomic mass is 9.91. The topological polar surface area (TPSA) is 38.9 Å². The van der Waals surface area contributed by atoms with Crippen molar-refractivity contribution in [3.63, 3.8) is 0 Å². The van der Waals surface area contributed by atoms with Gasteiger partial charge in [0.2, 0.25) is 0 Å². The molecule has 0 saturated carbocycles. The number of hydrogen-bond acceptors (Lipinski definition) is 2. The van der Waals surface area contributed by atoms with Gasteiger partial charge in [-0.3, -0.25) is 4.98 Å². The fraction of sp³-hybridized carbons (Fsp3) is 0.583. The Morgan fingerprint density at radius 3 is 2.50 bits per heavy atom. The number of nitrogens with two attached hydrogens (primary N) is 1. The van der Waals surface area contributed by atoms with Crippen LogP contribution in [0.5, 0.6) is 0 Å². The quantitative estimate of drug-likeness (QED) is 0.796. The SMILES string of the molecule is Cc1ccc([C@H](CN)CC(C)C)cn1. The van der Waals surface area contributed by atoms with Crippen molar-refractivity contribution < 1.29 is 0 Å². The number of aryl methyl sites for hydroxylation is 1.